The molecule has 0 unspecified atom stereocenters. The average molecular weight is 433 g/mol. The highest BCUT2D eigenvalue weighted by atomic mass is 32.2. The van der Waals surface area contributed by atoms with Crippen molar-refractivity contribution in [2.75, 3.05) is 7.11 Å². The van der Waals surface area contributed by atoms with Gasteiger partial charge in [-0.05, 0) is 48.0 Å². The minimum Gasteiger partial charge on any atom is -0.507 e. The second kappa shape index (κ2) is 9.36. The lowest BCUT2D eigenvalue weighted by Crippen LogP contribution is -2.17. The van der Waals surface area contributed by atoms with Crippen molar-refractivity contribution in [3.8, 4) is 11.5 Å². The molecule has 0 bridgehead atoms. The maximum absolute atomic E-state index is 12.3. The van der Waals surface area contributed by atoms with Crippen LogP contribution in [0, 0.1) is 0 Å². The first-order chi connectivity index (χ1) is 15.1. The molecule has 3 aromatic carbocycles. The van der Waals surface area contributed by atoms with Crippen molar-refractivity contribution < 1.29 is 14.6 Å². The van der Waals surface area contributed by atoms with Gasteiger partial charge in [0.2, 0.25) is 0 Å². The normalized spacial score (nSPS) is 11.1. The summed E-state index contributed by atoms with van der Waals surface area (Å²) in [5, 5.41) is 14.6. The summed E-state index contributed by atoms with van der Waals surface area (Å²) in [5.41, 5.74) is 6.43. The fraction of sp³-hybridized carbons (Fsp3) is 0.0870. The first kappa shape index (κ1) is 20.5. The number of aromatic amines is 1. The average Bonchev–Trinajstić information content (AvgIpc) is 3.22. The van der Waals surface area contributed by atoms with Gasteiger partial charge in [0.1, 0.15) is 11.5 Å². The number of carbonyl (C=O) groups excluding carboxylic acids is 1. The number of carbonyl (C=O) groups is 1. The molecule has 1 heterocycles. The number of nitrogens with zero attached hydrogens (tertiary/aromatic N) is 2. The van der Waals surface area contributed by atoms with Crippen LogP contribution in [0.5, 0.6) is 11.5 Å². The van der Waals surface area contributed by atoms with E-state index in [0.29, 0.717) is 16.9 Å². The lowest BCUT2D eigenvalue weighted by Gasteiger charge is -2.04. The number of aromatic hydroxyl groups is 1. The van der Waals surface area contributed by atoms with Crippen LogP contribution in [0.2, 0.25) is 0 Å². The predicted octanol–water partition coefficient (Wildman–Crippen LogP) is 4.33. The van der Waals surface area contributed by atoms with Crippen LogP contribution in [0.3, 0.4) is 0 Å². The summed E-state index contributed by atoms with van der Waals surface area (Å²) in [6.45, 7) is 0. The number of thioether (sulfide) groups is 1. The second-order valence-corrected chi connectivity index (χ2v) is 7.63. The zero-order valence-corrected chi connectivity index (χ0v) is 17.5. The molecule has 0 atom stereocenters. The van der Waals surface area contributed by atoms with Crippen LogP contribution in [0.4, 0.5) is 0 Å². The van der Waals surface area contributed by atoms with E-state index in [-0.39, 0.29) is 11.7 Å². The molecule has 8 heteroatoms. The molecular weight excluding hydrogens is 412 g/mol. The Morgan fingerprint density at radius 1 is 1.19 bits per heavy atom. The molecule has 0 radical (unpaired) electrons. The lowest BCUT2D eigenvalue weighted by atomic mass is 10.1. The van der Waals surface area contributed by atoms with Crippen molar-refractivity contribution in [2.45, 2.75) is 10.9 Å². The number of hydrazone groups is 1. The molecule has 0 saturated carbocycles. The molecule has 4 aromatic rings. The molecule has 3 N–H and O–H groups in total. The summed E-state index contributed by atoms with van der Waals surface area (Å²) in [6.07, 6.45) is 1.37. The van der Waals surface area contributed by atoms with Gasteiger partial charge in [0.25, 0.3) is 5.91 Å². The number of fused-ring (bicyclic) bond motifs is 1. The van der Waals surface area contributed by atoms with Gasteiger partial charge in [-0.25, -0.2) is 10.4 Å². The van der Waals surface area contributed by atoms with Crippen molar-refractivity contribution >= 4 is 34.9 Å². The van der Waals surface area contributed by atoms with Gasteiger partial charge in [-0.15, -0.1) is 0 Å². The largest absolute Gasteiger partial charge is 0.507 e. The number of phenols is 1. The number of aromatic nitrogens is 2. The van der Waals surface area contributed by atoms with Crippen molar-refractivity contribution in [2.24, 2.45) is 5.10 Å². The van der Waals surface area contributed by atoms with Crippen LogP contribution in [0.15, 0.2) is 77.0 Å². The minimum absolute atomic E-state index is 0.0464. The van der Waals surface area contributed by atoms with Crippen molar-refractivity contribution in [3.63, 3.8) is 0 Å². The van der Waals surface area contributed by atoms with E-state index in [9.17, 15) is 9.90 Å². The summed E-state index contributed by atoms with van der Waals surface area (Å²) in [7, 11) is 1.54. The van der Waals surface area contributed by atoms with Crippen LogP contribution in [0.25, 0.3) is 11.0 Å². The molecule has 0 aliphatic heterocycles. The Morgan fingerprint density at radius 3 is 2.77 bits per heavy atom. The minimum atomic E-state index is -0.338. The van der Waals surface area contributed by atoms with Gasteiger partial charge in [0, 0.05) is 16.9 Å². The highest BCUT2D eigenvalue weighted by Gasteiger charge is 2.07. The molecule has 0 saturated heterocycles. The molecule has 4 rings (SSSR count). The van der Waals surface area contributed by atoms with E-state index in [1.54, 1.807) is 36.0 Å². The standard InChI is InChI=1S/C23H20N4O3S/c1-30-18-10-11-21(28)17(12-18)13-24-27-22(29)16-8-6-15(7-9-16)14-31-23-25-19-4-2-3-5-20(19)26-23/h2-13,28H,14H2,1H3,(H,25,26)(H,27,29)/b24-13+. The Hall–Kier alpha value is -3.78. The van der Waals surface area contributed by atoms with Gasteiger partial charge in [0.15, 0.2) is 5.16 Å². The Morgan fingerprint density at radius 2 is 2.00 bits per heavy atom. The van der Waals surface area contributed by atoms with Crippen molar-refractivity contribution in [1.82, 2.24) is 15.4 Å². The smallest absolute Gasteiger partial charge is 0.271 e. The van der Waals surface area contributed by atoms with Crippen LogP contribution in [0.1, 0.15) is 21.5 Å². The number of ether oxygens (including phenoxy) is 1. The highest BCUT2D eigenvalue weighted by Crippen LogP contribution is 2.23. The number of rotatable bonds is 7. The maximum Gasteiger partial charge on any atom is 0.271 e. The molecule has 0 spiro atoms. The third-order valence-electron chi connectivity index (χ3n) is 4.56. The molecule has 1 aromatic heterocycles. The number of benzene rings is 3. The van der Waals surface area contributed by atoms with E-state index in [1.165, 1.54) is 19.4 Å². The van der Waals surface area contributed by atoms with Gasteiger partial charge in [-0.1, -0.05) is 36.0 Å². The fourth-order valence-electron chi connectivity index (χ4n) is 2.89. The molecule has 156 valence electrons. The Balaban J connectivity index is 1.33. The number of phenolic OH excluding ortho intramolecular Hbond substituents is 1. The van der Waals surface area contributed by atoms with Crippen LogP contribution < -0.4 is 10.2 Å². The number of para-hydroxylation sites is 2. The van der Waals surface area contributed by atoms with E-state index in [0.717, 1.165) is 27.5 Å². The van der Waals surface area contributed by atoms with Gasteiger partial charge in [-0.3, -0.25) is 4.79 Å². The van der Waals surface area contributed by atoms with Crippen molar-refractivity contribution in [3.05, 3.63) is 83.4 Å². The second-order valence-electron chi connectivity index (χ2n) is 6.67. The fourth-order valence-corrected chi connectivity index (χ4v) is 3.73. The van der Waals surface area contributed by atoms with E-state index in [2.05, 4.69) is 20.5 Å². The maximum atomic E-state index is 12.3. The highest BCUT2D eigenvalue weighted by molar-refractivity contribution is 7.98. The SMILES string of the molecule is COc1ccc(O)c(/C=N/NC(=O)c2ccc(CSc3nc4ccccc4[nH]3)cc2)c1. The first-order valence-electron chi connectivity index (χ1n) is 9.49. The van der Waals surface area contributed by atoms with Crippen LogP contribution >= 0.6 is 11.8 Å². The number of nitrogens with one attached hydrogen (secondary N) is 2. The van der Waals surface area contributed by atoms with E-state index >= 15 is 0 Å². The quantitative estimate of drug-likeness (QED) is 0.229. The number of hydrogen-bond acceptors (Lipinski definition) is 6. The number of imidazole rings is 1. The van der Waals surface area contributed by atoms with E-state index in [4.69, 9.17) is 4.74 Å². The zero-order valence-electron chi connectivity index (χ0n) is 16.7. The summed E-state index contributed by atoms with van der Waals surface area (Å²) < 4.78 is 5.11. The molecule has 0 fully saturated rings. The number of methoxy groups -OCH3 is 1. The number of hydrogen-bond donors (Lipinski definition) is 3. The first-order valence-corrected chi connectivity index (χ1v) is 10.5. The number of amides is 1. The lowest BCUT2D eigenvalue weighted by molar-refractivity contribution is 0.0955. The van der Waals surface area contributed by atoms with Gasteiger partial charge < -0.3 is 14.8 Å². The topological polar surface area (TPSA) is 99.6 Å². The van der Waals surface area contributed by atoms with Crippen LogP contribution in [-0.2, 0) is 5.75 Å². The van der Waals surface area contributed by atoms with E-state index < -0.39 is 0 Å². The molecule has 1 amide bonds. The van der Waals surface area contributed by atoms with Gasteiger partial charge in [0.05, 0.1) is 24.4 Å². The van der Waals surface area contributed by atoms with E-state index in [1.807, 2.05) is 36.4 Å². The summed E-state index contributed by atoms with van der Waals surface area (Å²) in [5.74, 6) is 1.02. The summed E-state index contributed by atoms with van der Waals surface area (Å²) >= 11 is 1.60. The predicted molar refractivity (Wildman–Crippen MR) is 122 cm³/mol. The Bertz CT molecular complexity index is 1200. The third-order valence-corrected chi connectivity index (χ3v) is 5.51. The van der Waals surface area contributed by atoms with Gasteiger partial charge >= 0.3 is 0 Å². The third kappa shape index (κ3) is 5.04. The van der Waals surface area contributed by atoms with Crippen LogP contribution in [-0.4, -0.2) is 34.3 Å². The molecule has 31 heavy (non-hydrogen) atoms. The monoisotopic (exact) mass is 432 g/mol. The van der Waals surface area contributed by atoms with Gasteiger partial charge in [-0.2, -0.15) is 5.10 Å². The Kier molecular flexibility index (Phi) is 6.18. The summed E-state index contributed by atoms with van der Waals surface area (Å²) in [6, 6.07) is 20.0. The molecular formula is C23H20N4O3S. The zero-order chi connectivity index (χ0) is 21.6. The number of H-pyrrole nitrogens is 1. The summed E-state index contributed by atoms with van der Waals surface area (Å²) in [4.78, 5) is 20.1. The Labute approximate surface area is 183 Å². The molecule has 0 aliphatic carbocycles. The molecule has 7 nitrogen and oxygen atoms in total. The van der Waals surface area contributed by atoms with Crippen molar-refractivity contribution in [1.29, 1.82) is 0 Å². The molecule has 0 aliphatic rings.